The summed E-state index contributed by atoms with van der Waals surface area (Å²) in [6, 6.07) is 14.4. The lowest BCUT2D eigenvalue weighted by molar-refractivity contribution is 0.130. The molecule has 0 radical (unpaired) electrons. The predicted molar refractivity (Wildman–Crippen MR) is 113 cm³/mol. The summed E-state index contributed by atoms with van der Waals surface area (Å²) in [4.78, 5) is 10.1. The minimum Gasteiger partial charge on any atom is -0.391 e. The Balaban J connectivity index is 1.39. The van der Waals surface area contributed by atoms with Crippen molar-refractivity contribution >= 4 is 5.71 Å². The Bertz CT molecular complexity index is 982. The highest BCUT2D eigenvalue weighted by molar-refractivity contribution is 5.98. The van der Waals surface area contributed by atoms with E-state index in [0.717, 1.165) is 41.9 Å². The first-order chi connectivity index (χ1) is 14.1. The van der Waals surface area contributed by atoms with E-state index >= 15 is 0 Å². The van der Waals surface area contributed by atoms with Crippen LogP contribution in [0, 0.1) is 13.8 Å². The molecule has 6 nitrogen and oxygen atoms in total. The van der Waals surface area contributed by atoms with E-state index in [1.165, 1.54) is 11.1 Å². The van der Waals surface area contributed by atoms with E-state index in [1.54, 1.807) is 0 Å². The van der Waals surface area contributed by atoms with Gasteiger partial charge < -0.3 is 14.7 Å². The van der Waals surface area contributed by atoms with Crippen molar-refractivity contribution in [2.24, 2.45) is 5.16 Å². The second kappa shape index (κ2) is 8.57. The van der Waals surface area contributed by atoms with E-state index in [1.807, 2.05) is 31.2 Å². The molecule has 3 aromatic rings. The Kier molecular flexibility index (Phi) is 5.71. The summed E-state index contributed by atoms with van der Waals surface area (Å²) in [6.45, 7) is 8.48. The average molecular weight is 390 g/mol. The summed E-state index contributed by atoms with van der Waals surface area (Å²) in [5, 5.41) is 11.7. The van der Waals surface area contributed by atoms with Crippen LogP contribution in [0.2, 0.25) is 0 Å². The van der Waals surface area contributed by atoms with Crippen molar-refractivity contribution in [2.75, 3.05) is 13.1 Å². The molecule has 2 aromatic carbocycles. The van der Waals surface area contributed by atoms with Crippen LogP contribution < -0.4 is 5.32 Å². The van der Waals surface area contributed by atoms with Crippen molar-refractivity contribution in [3.05, 3.63) is 70.6 Å². The number of nitrogens with zero attached hydrogens (tertiary/aromatic N) is 3. The molecule has 1 atom stereocenters. The van der Waals surface area contributed by atoms with Crippen LogP contribution in [0.4, 0.5) is 0 Å². The van der Waals surface area contributed by atoms with Gasteiger partial charge in [0.15, 0.2) is 0 Å². The maximum atomic E-state index is 5.56. The third-order valence-electron chi connectivity index (χ3n) is 5.13. The monoisotopic (exact) mass is 390 g/mol. The quantitative estimate of drug-likeness (QED) is 0.500. The molecule has 0 bridgehead atoms. The molecule has 1 aliphatic heterocycles. The van der Waals surface area contributed by atoms with Crippen LogP contribution in [-0.4, -0.2) is 28.9 Å². The van der Waals surface area contributed by atoms with E-state index in [4.69, 9.17) is 9.36 Å². The second-order valence-corrected chi connectivity index (χ2v) is 7.67. The van der Waals surface area contributed by atoms with Crippen LogP contribution in [0.25, 0.3) is 11.4 Å². The molecular formula is C23H26N4O2. The van der Waals surface area contributed by atoms with Gasteiger partial charge in [-0.2, -0.15) is 4.98 Å². The van der Waals surface area contributed by atoms with Gasteiger partial charge in [0.1, 0.15) is 6.61 Å². The fraction of sp³-hybridized carbons (Fsp3) is 0.348. The molecule has 150 valence electrons. The van der Waals surface area contributed by atoms with E-state index < -0.39 is 0 Å². The molecule has 0 amide bonds. The first-order valence-corrected chi connectivity index (χ1v) is 9.97. The molecule has 1 fully saturated rings. The highest BCUT2D eigenvalue weighted by atomic mass is 16.6. The van der Waals surface area contributed by atoms with Crippen molar-refractivity contribution in [1.29, 1.82) is 0 Å². The highest BCUT2D eigenvalue weighted by Gasteiger charge is 2.23. The fourth-order valence-electron chi connectivity index (χ4n) is 3.65. The lowest BCUT2D eigenvalue weighted by Gasteiger charge is -2.05. The summed E-state index contributed by atoms with van der Waals surface area (Å²) in [7, 11) is 0. The van der Waals surface area contributed by atoms with Gasteiger partial charge in [0.05, 0.1) is 11.6 Å². The van der Waals surface area contributed by atoms with Crippen molar-refractivity contribution in [2.45, 2.75) is 39.7 Å². The third kappa shape index (κ3) is 4.71. The van der Waals surface area contributed by atoms with Crippen LogP contribution in [0.15, 0.2) is 52.1 Å². The Morgan fingerprint density at radius 3 is 2.62 bits per heavy atom. The molecule has 0 saturated carbocycles. The highest BCUT2D eigenvalue weighted by Crippen LogP contribution is 2.24. The van der Waals surface area contributed by atoms with E-state index in [-0.39, 0.29) is 0 Å². The molecule has 6 heteroatoms. The summed E-state index contributed by atoms with van der Waals surface area (Å²) in [5.41, 5.74) is 6.34. The third-order valence-corrected chi connectivity index (χ3v) is 5.13. The number of nitrogens with one attached hydrogen (secondary N) is 1. The van der Waals surface area contributed by atoms with Gasteiger partial charge in [-0.05, 0) is 44.9 Å². The van der Waals surface area contributed by atoms with Gasteiger partial charge in [0.2, 0.25) is 11.7 Å². The van der Waals surface area contributed by atoms with Crippen molar-refractivity contribution in [1.82, 2.24) is 15.5 Å². The zero-order chi connectivity index (χ0) is 20.2. The summed E-state index contributed by atoms with van der Waals surface area (Å²) in [5.74, 6) is 1.66. The number of rotatable bonds is 6. The standard InChI is InChI=1S/C23H26N4O2/c1-15-10-16(2)12-18(11-15)14-28-26-17(3)19-4-6-20(7-5-19)22-25-23(29-27-22)21-8-9-24-13-21/h4-7,10-12,21,24H,8-9,13-14H2,1-3H3/b26-17+/t21-/m1/s1. The Labute approximate surface area is 171 Å². The van der Waals surface area contributed by atoms with E-state index in [0.29, 0.717) is 24.2 Å². The molecule has 0 unspecified atom stereocenters. The number of aromatic nitrogens is 2. The van der Waals surface area contributed by atoms with Crippen LogP contribution in [-0.2, 0) is 11.4 Å². The first-order valence-electron chi connectivity index (χ1n) is 9.97. The Morgan fingerprint density at radius 2 is 1.93 bits per heavy atom. The lowest BCUT2D eigenvalue weighted by atomic mass is 10.1. The number of hydrogen-bond donors (Lipinski definition) is 1. The van der Waals surface area contributed by atoms with Gasteiger partial charge in [0, 0.05) is 12.1 Å². The van der Waals surface area contributed by atoms with Gasteiger partial charge in [-0.3, -0.25) is 0 Å². The molecule has 29 heavy (non-hydrogen) atoms. The molecule has 0 aliphatic carbocycles. The molecule has 2 heterocycles. The van der Waals surface area contributed by atoms with E-state index in [2.05, 4.69) is 52.7 Å². The topological polar surface area (TPSA) is 72.5 Å². The summed E-state index contributed by atoms with van der Waals surface area (Å²) >= 11 is 0. The van der Waals surface area contributed by atoms with Crippen LogP contribution >= 0.6 is 0 Å². The first kappa shape index (κ1) is 19.3. The molecule has 1 saturated heterocycles. The van der Waals surface area contributed by atoms with Gasteiger partial charge in [-0.15, -0.1) is 0 Å². The van der Waals surface area contributed by atoms with Gasteiger partial charge in [-0.25, -0.2) is 0 Å². The Hall–Kier alpha value is -2.99. The average Bonchev–Trinajstić information content (AvgIpc) is 3.39. The molecule has 4 rings (SSSR count). The minimum absolute atomic E-state index is 0.319. The molecule has 1 aromatic heterocycles. The Morgan fingerprint density at radius 1 is 1.17 bits per heavy atom. The lowest BCUT2D eigenvalue weighted by Crippen LogP contribution is -2.08. The van der Waals surface area contributed by atoms with E-state index in [9.17, 15) is 0 Å². The molecular weight excluding hydrogens is 364 g/mol. The zero-order valence-corrected chi connectivity index (χ0v) is 17.1. The number of oxime groups is 1. The molecule has 1 aliphatic rings. The summed E-state index contributed by atoms with van der Waals surface area (Å²) in [6.07, 6.45) is 1.04. The van der Waals surface area contributed by atoms with Crippen LogP contribution in [0.5, 0.6) is 0 Å². The van der Waals surface area contributed by atoms with Crippen LogP contribution in [0.1, 0.15) is 47.4 Å². The molecule has 1 N–H and O–H groups in total. The minimum atomic E-state index is 0.319. The maximum absolute atomic E-state index is 5.56. The van der Waals surface area contributed by atoms with Crippen LogP contribution in [0.3, 0.4) is 0 Å². The van der Waals surface area contributed by atoms with Crippen molar-refractivity contribution < 1.29 is 9.36 Å². The van der Waals surface area contributed by atoms with Gasteiger partial charge >= 0.3 is 0 Å². The number of benzene rings is 2. The van der Waals surface area contributed by atoms with Crippen molar-refractivity contribution in [3.63, 3.8) is 0 Å². The number of aryl methyl sites for hydroxylation is 2. The fourth-order valence-corrected chi connectivity index (χ4v) is 3.65. The van der Waals surface area contributed by atoms with Gasteiger partial charge in [0.25, 0.3) is 0 Å². The molecule has 0 spiro atoms. The SMILES string of the molecule is C/C(=N\OCc1cc(C)cc(C)c1)c1ccc(-c2noc([C@@H]3CCNC3)n2)cc1. The number of hydrogen-bond acceptors (Lipinski definition) is 6. The largest absolute Gasteiger partial charge is 0.391 e. The van der Waals surface area contributed by atoms with Gasteiger partial charge in [-0.1, -0.05) is 63.9 Å². The maximum Gasteiger partial charge on any atom is 0.231 e. The zero-order valence-electron chi connectivity index (χ0n) is 17.1. The second-order valence-electron chi connectivity index (χ2n) is 7.67. The smallest absolute Gasteiger partial charge is 0.231 e. The van der Waals surface area contributed by atoms with Crippen molar-refractivity contribution in [3.8, 4) is 11.4 Å². The predicted octanol–water partition coefficient (Wildman–Crippen LogP) is 4.37. The summed E-state index contributed by atoms with van der Waals surface area (Å²) < 4.78 is 5.45. The normalized spacial score (nSPS) is 16.9.